The van der Waals surface area contributed by atoms with Crippen LogP contribution in [0.15, 0.2) is 36.5 Å². The third kappa shape index (κ3) is 3.56. The van der Waals surface area contributed by atoms with Crippen molar-refractivity contribution >= 4 is 34.5 Å². The molecule has 0 bridgehead atoms. The lowest BCUT2D eigenvalue weighted by atomic mass is 10.1. The van der Waals surface area contributed by atoms with Gasteiger partial charge in [0.15, 0.2) is 5.65 Å². The third-order valence-electron chi connectivity index (χ3n) is 3.47. The Kier molecular flexibility index (Phi) is 5.08. The molecule has 0 aliphatic heterocycles. The molecule has 6 nitrogen and oxygen atoms in total. The summed E-state index contributed by atoms with van der Waals surface area (Å²) in [4.78, 5) is 4.54. The van der Waals surface area contributed by atoms with Gasteiger partial charge in [0.1, 0.15) is 0 Å². The number of aliphatic hydroxyl groups is 1. The zero-order valence-electron chi connectivity index (χ0n) is 12.9. The van der Waals surface area contributed by atoms with Gasteiger partial charge >= 0.3 is 0 Å². The number of halogens is 2. The number of methoxy groups -OCH3 is 1. The van der Waals surface area contributed by atoms with Gasteiger partial charge in [-0.25, -0.2) is 9.50 Å². The standard InChI is InChI=1S/C16H16Cl2N4O2/c1-24-16-5-4-15-20-14(9-22(15)21-16)10-2-3-12(18)13(6-10)19-8-11(23)7-17/h2-6,9,11,19,23H,7-8H2,1H3. The fourth-order valence-corrected chi connectivity index (χ4v) is 2.51. The Morgan fingerprint density at radius 1 is 1.33 bits per heavy atom. The molecule has 3 rings (SSSR count). The summed E-state index contributed by atoms with van der Waals surface area (Å²) in [5.74, 6) is 0.671. The molecule has 126 valence electrons. The zero-order chi connectivity index (χ0) is 17.1. The summed E-state index contributed by atoms with van der Waals surface area (Å²) < 4.78 is 6.78. The Labute approximate surface area is 149 Å². The predicted molar refractivity (Wildman–Crippen MR) is 95.2 cm³/mol. The van der Waals surface area contributed by atoms with E-state index in [-0.39, 0.29) is 5.88 Å². The van der Waals surface area contributed by atoms with Crippen molar-refractivity contribution in [2.75, 3.05) is 24.9 Å². The Morgan fingerprint density at radius 2 is 2.17 bits per heavy atom. The molecule has 0 saturated carbocycles. The number of fused-ring (bicyclic) bond motifs is 1. The van der Waals surface area contributed by atoms with Crippen molar-refractivity contribution in [1.82, 2.24) is 14.6 Å². The molecule has 1 atom stereocenters. The van der Waals surface area contributed by atoms with Gasteiger partial charge in [-0.2, -0.15) is 0 Å². The van der Waals surface area contributed by atoms with E-state index in [1.54, 1.807) is 23.8 Å². The van der Waals surface area contributed by atoms with Crippen molar-refractivity contribution in [3.8, 4) is 17.1 Å². The number of anilines is 1. The highest BCUT2D eigenvalue weighted by Crippen LogP contribution is 2.28. The number of aromatic nitrogens is 3. The van der Waals surface area contributed by atoms with Gasteiger partial charge in [-0.3, -0.25) is 0 Å². The first-order chi connectivity index (χ1) is 11.6. The van der Waals surface area contributed by atoms with Crippen LogP contribution in [0.3, 0.4) is 0 Å². The fraction of sp³-hybridized carbons (Fsp3) is 0.250. The third-order valence-corrected chi connectivity index (χ3v) is 4.16. The first-order valence-electron chi connectivity index (χ1n) is 7.29. The molecular formula is C16H16Cl2N4O2. The summed E-state index contributed by atoms with van der Waals surface area (Å²) >= 11 is 11.8. The van der Waals surface area contributed by atoms with E-state index in [0.29, 0.717) is 28.8 Å². The first-order valence-corrected chi connectivity index (χ1v) is 8.20. The maximum atomic E-state index is 9.57. The lowest BCUT2D eigenvalue weighted by molar-refractivity contribution is 0.211. The van der Waals surface area contributed by atoms with Crippen LogP contribution in [0.1, 0.15) is 0 Å². The van der Waals surface area contributed by atoms with Crippen molar-refractivity contribution < 1.29 is 9.84 Å². The molecule has 1 aromatic carbocycles. The predicted octanol–water partition coefficient (Wildman–Crippen LogP) is 3.07. The van der Waals surface area contributed by atoms with Crippen LogP contribution in [0.4, 0.5) is 5.69 Å². The van der Waals surface area contributed by atoms with Crippen LogP contribution in [0.25, 0.3) is 16.9 Å². The van der Waals surface area contributed by atoms with E-state index in [9.17, 15) is 5.11 Å². The number of hydrogen-bond acceptors (Lipinski definition) is 5. The lowest BCUT2D eigenvalue weighted by Gasteiger charge is -2.12. The highest BCUT2D eigenvalue weighted by molar-refractivity contribution is 6.33. The number of ether oxygens (including phenoxy) is 1. The van der Waals surface area contributed by atoms with Gasteiger partial charge in [-0.05, 0) is 18.2 Å². The number of imidazole rings is 1. The van der Waals surface area contributed by atoms with Gasteiger partial charge in [0.25, 0.3) is 0 Å². The number of nitrogens with zero attached hydrogens (tertiary/aromatic N) is 3. The molecule has 1 unspecified atom stereocenters. The Hall–Kier alpha value is -2.02. The second-order valence-electron chi connectivity index (χ2n) is 5.19. The summed E-state index contributed by atoms with van der Waals surface area (Å²) in [7, 11) is 1.57. The SMILES string of the molecule is COc1ccc2nc(-c3ccc(Cl)c(NCC(O)CCl)c3)cn2n1. The first kappa shape index (κ1) is 16.8. The Bertz CT molecular complexity index is 853. The van der Waals surface area contributed by atoms with E-state index in [4.69, 9.17) is 27.9 Å². The molecule has 0 saturated heterocycles. The molecule has 2 heterocycles. The normalized spacial score (nSPS) is 12.3. The minimum Gasteiger partial charge on any atom is -0.480 e. The summed E-state index contributed by atoms with van der Waals surface area (Å²) in [6, 6.07) is 9.13. The summed E-state index contributed by atoms with van der Waals surface area (Å²) in [5.41, 5.74) is 3.06. The monoisotopic (exact) mass is 366 g/mol. The van der Waals surface area contributed by atoms with E-state index in [2.05, 4.69) is 15.4 Å². The molecular weight excluding hydrogens is 351 g/mol. The second-order valence-corrected chi connectivity index (χ2v) is 5.90. The highest BCUT2D eigenvalue weighted by Gasteiger charge is 2.10. The van der Waals surface area contributed by atoms with Crippen molar-refractivity contribution in [3.05, 3.63) is 41.6 Å². The highest BCUT2D eigenvalue weighted by atomic mass is 35.5. The van der Waals surface area contributed by atoms with Crippen LogP contribution in [-0.2, 0) is 0 Å². The van der Waals surface area contributed by atoms with Crippen molar-refractivity contribution in [2.45, 2.75) is 6.10 Å². The van der Waals surface area contributed by atoms with Gasteiger partial charge in [0, 0.05) is 18.2 Å². The van der Waals surface area contributed by atoms with E-state index < -0.39 is 6.10 Å². The van der Waals surface area contributed by atoms with Gasteiger partial charge in [0.05, 0.1) is 41.7 Å². The zero-order valence-corrected chi connectivity index (χ0v) is 14.4. The minimum absolute atomic E-state index is 0.157. The van der Waals surface area contributed by atoms with Gasteiger partial charge < -0.3 is 15.2 Å². The Morgan fingerprint density at radius 3 is 2.92 bits per heavy atom. The van der Waals surface area contributed by atoms with Crippen LogP contribution < -0.4 is 10.1 Å². The molecule has 0 radical (unpaired) electrons. The number of aliphatic hydroxyl groups excluding tert-OH is 1. The molecule has 8 heteroatoms. The summed E-state index contributed by atoms with van der Waals surface area (Å²) in [5, 5.41) is 17.5. The number of nitrogens with one attached hydrogen (secondary N) is 1. The molecule has 3 aromatic rings. The van der Waals surface area contributed by atoms with Gasteiger partial charge in [-0.15, -0.1) is 16.7 Å². The minimum atomic E-state index is -0.641. The second kappa shape index (κ2) is 7.25. The smallest absolute Gasteiger partial charge is 0.231 e. The van der Waals surface area contributed by atoms with E-state index in [1.165, 1.54) is 0 Å². The lowest BCUT2D eigenvalue weighted by Crippen LogP contribution is -2.20. The topological polar surface area (TPSA) is 71.7 Å². The molecule has 0 spiro atoms. The van der Waals surface area contributed by atoms with Gasteiger partial charge in [-0.1, -0.05) is 17.7 Å². The molecule has 0 amide bonds. The summed E-state index contributed by atoms with van der Waals surface area (Å²) in [6.07, 6.45) is 1.18. The molecule has 0 aliphatic carbocycles. The molecule has 24 heavy (non-hydrogen) atoms. The maximum Gasteiger partial charge on any atom is 0.231 e. The Balaban J connectivity index is 1.91. The van der Waals surface area contributed by atoms with Crippen molar-refractivity contribution in [3.63, 3.8) is 0 Å². The van der Waals surface area contributed by atoms with Crippen LogP contribution in [0, 0.1) is 0 Å². The number of benzene rings is 1. The van der Waals surface area contributed by atoms with E-state index in [0.717, 1.165) is 11.3 Å². The van der Waals surface area contributed by atoms with Crippen LogP contribution in [0.2, 0.25) is 5.02 Å². The molecule has 2 aromatic heterocycles. The number of rotatable bonds is 6. The number of alkyl halides is 1. The van der Waals surface area contributed by atoms with Crippen molar-refractivity contribution in [1.29, 1.82) is 0 Å². The quantitative estimate of drug-likeness (QED) is 0.656. The van der Waals surface area contributed by atoms with Crippen LogP contribution >= 0.6 is 23.2 Å². The van der Waals surface area contributed by atoms with Crippen LogP contribution in [-0.4, -0.2) is 45.3 Å². The summed E-state index contributed by atoms with van der Waals surface area (Å²) in [6.45, 7) is 0.316. The van der Waals surface area contributed by atoms with Crippen LogP contribution in [0.5, 0.6) is 5.88 Å². The largest absolute Gasteiger partial charge is 0.480 e. The van der Waals surface area contributed by atoms with E-state index >= 15 is 0 Å². The number of hydrogen-bond donors (Lipinski definition) is 2. The molecule has 0 fully saturated rings. The average molecular weight is 367 g/mol. The fourth-order valence-electron chi connectivity index (χ4n) is 2.21. The van der Waals surface area contributed by atoms with Crippen molar-refractivity contribution in [2.24, 2.45) is 0 Å². The average Bonchev–Trinajstić information content (AvgIpc) is 3.03. The van der Waals surface area contributed by atoms with Gasteiger partial charge in [0.2, 0.25) is 5.88 Å². The molecule has 2 N–H and O–H groups in total. The molecule has 0 aliphatic rings. The van der Waals surface area contributed by atoms with E-state index in [1.807, 2.05) is 24.4 Å². The maximum absolute atomic E-state index is 9.57.